The molecular weight excluding hydrogens is 856 g/mol. The molecular formula is C41H40Cl2F6Hf. The number of hydrogen-bond acceptors (Lipinski definition) is 0. The Hall–Kier alpha value is -2.61. The third-order valence-corrected chi connectivity index (χ3v) is 33.3. The second-order valence-corrected chi connectivity index (χ2v) is 30.3. The summed E-state index contributed by atoms with van der Waals surface area (Å²) in [5.41, 5.74) is 10.3. The van der Waals surface area contributed by atoms with Crippen LogP contribution in [-0.4, -0.2) is 0 Å². The van der Waals surface area contributed by atoms with Crippen LogP contribution in [0.3, 0.4) is 0 Å². The van der Waals surface area contributed by atoms with Crippen molar-refractivity contribution >= 4 is 37.0 Å². The standard InChI is InChI=1S/2C19H16F3.C3H6.2ClH.Hf/c2*1-2-4-13-11-15-5-3-6-17(18(15)12-13)14-7-9-16(10-8-14)19(20,21)22;1-3-2;;;/h2*3,5-12H,2,4H2,1H3;1-3H2;2*1H;. The molecule has 0 aromatic heterocycles. The van der Waals surface area contributed by atoms with Gasteiger partial charge in [-0.2, -0.15) is 0 Å². The molecule has 3 aliphatic rings. The van der Waals surface area contributed by atoms with Crippen molar-refractivity contribution < 1.29 is 46.3 Å². The van der Waals surface area contributed by atoms with E-state index in [1.54, 1.807) is 24.3 Å². The van der Waals surface area contributed by atoms with Crippen molar-refractivity contribution in [2.75, 3.05) is 0 Å². The fourth-order valence-corrected chi connectivity index (χ4v) is 31.6. The smallest absolute Gasteiger partial charge is 0.147 e. The predicted octanol–water partition coefficient (Wildman–Crippen LogP) is 14.5. The number of halogens is 8. The van der Waals surface area contributed by atoms with Gasteiger partial charge in [0.1, 0.15) is 0 Å². The zero-order chi connectivity index (χ0) is 33.8. The molecule has 264 valence electrons. The Kier molecular flexibility index (Phi) is 11.4. The van der Waals surface area contributed by atoms with E-state index in [2.05, 4.69) is 50.3 Å². The van der Waals surface area contributed by atoms with Gasteiger partial charge in [0, 0.05) is 0 Å². The molecule has 0 spiro atoms. The third-order valence-electron chi connectivity index (χ3n) is 10.9. The zero-order valence-corrected chi connectivity index (χ0v) is 33.2. The molecule has 0 N–H and O–H groups in total. The average Bonchev–Trinajstić information content (AvgIpc) is 3.59. The summed E-state index contributed by atoms with van der Waals surface area (Å²) in [6.07, 6.45) is 1.22. The van der Waals surface area contributed by atoms with E-state index in [1.807, 2.05) is 12.1 Å². The molecule has 2 aliphatic carbocycles. The van der Waals surface area contributed by atoms with E-state index in [0.717, 1.165) is 59.1 Å². The molecule has 1 saturated heterocycles. The van der Waals surface area contributed by atoms with Gasteiger partial charge in [-0.25, -0.2) is 0 Å². The Morgan fingerprint density at radius 1 is 0.560 bits per heavy atom. The van der Waals surface area contributed by atoms with Crippen LogP contribution >= 0.6 is 24.8 Å². The number of alkyl halides is 6. The first-order valence-electron chi connectivity index (χ1n) is 17.0. The summed E-state index contributed by atoms with van der Waals surface area (Å²) in [4.78, 5) is 0. The maximum absolute atomic E-state index is 13.4. The van der Waals surface area contributed by atoms with Crippen LogP contribution in [0, 0.1) is 0 Å². The van der Waals surface area contributed by atoms with Crippen molar-refractivity contribution in [2.24, 2.45) is 0 Å². The summed E-state index contributed by atoms with van der Waals surface area (Å²) >= 11 is -3.36. The predicted molar refractivity (Wildman–Crippen MR) is 194 cm³/mol. The van der Waals surface area contributed by atoms with Crippen LogP contribution in [0.4, 0.5) is 26.3 Å². The summed E-state index contributed by atoms with van der Waals surface area (Å²) in [6.45, 7) is 4.43. The SMILES string of the molecule is CCCC1=Cc2c(-c3ccc(C(F)(F)F)cc3)cccc2[CH]1[Hf]1([CH]2C(CCC)=Cc3c(-c4ccc(C(F)(F)F)cc4)cccc32)[CH2]C[CH2]1.Cl.Cl. The normalized spacial score (nSPS) is 19.0. The van der Waals surface area contributed by atoms with Crippen molar-refractivity contribution in [1.29, 1.82) is 0 Å². The number of allylic oxidation sites excluding steroid dienone is 2. The van der Waals surface area contributed by atoms with Crippen LogP contribution in [-0.2, 0) is 32.3 Å². The summed E-state index contributed by atoms with van der Waals surface area (Å²) in [5, 5.41) is 0. The molecule has 9 heteroatoms. The Morgan fingerprint density at radius 3 is 1.24 bits per heavy atom. The van der Waals surface area contributed by atoms with E-state index in [1.165, 1.54) is 61.3 Å². The Bertz CT molecular complexity index is 1770. The summed E-state index contributed by atoms with van der Waals surface area (Å²) in [5.74, 6) is 0. The minimum absolute atomic E-state index is 0. The van der Waals surface area contributed by atoms with Gasteiger partial charge in [-0.3, -0.25) is 0 Å². The molecule has 50 heavy (non-hydrogen) atoms. The van der Waals surface area contributed by atoms with Crippen molar-refractivity contribution in [1.82, 2.24) is 0 Å². The van der Waals surface area contributed by atoms with Gasteiger partial charge in [-0.1, -0.05) is 0 Å². The maximum Gasteiger partial charge on any atom is -0.147 e. The zero-order valence-electron chi connectivity index (χ0n) is 27.9. The van der Waals surface area contributed by atoms with E-state index in [4.69, 9.17) is 0 Å². The van der Waals surface area contributed by atoms with Crippen molar-refractivity contribution in [3.63, 3.8) is 0 Å². The molecule has 4 aromatic rings. The molecule has 0 radical (unpaired) electrons. The van der Waals surface area contributed by atoms with E-state index in [-0.39, 0.29) is 24.8 Å². The first kappa shape index (κ1) is 38.6. The van der Waals surface area contributed by atoms with Gasteiger partial charge >= 0.3 is 284 Å². The van der Waals surface area contributed by atoms with E-state index >= 15 is 0 Å². The molecule has 0 nitrogen and oxygen atoms in total. The molecule has 2 unspecified atom stereocenters. The molecule has 0 bridgehead atoms. The fraction of sp³-hybridized carbons (Fsp3) is 0.317. The van der Waals surface area contributed by atoms with Crippen LogP contribution in [0.2, 0.25) is 8.35 Å². The molecule has 1 fully saturated rings. The van der Waals surface area contributed by atoms with Crippen LogP contribution in [0.25, 0.3) is 34.4 Å². The summed E-state index contributed by atoms with van der Waals surface area (Å²) < 4.78 is 83.6. The average molecular weight is 896 g/mol. The number of benzene rings is 4. The van der Waals surface area contributed by atoms with E-state index in [9.17, 15) is 26.3 Å². The summed E-state index contributed by atoms with van der Waals surface area (Å²) in [7, 11) is 0. The molecule has 1 aliphatic heterocycles. The van der Waals surface area contributed by atoms with Crippen molar-refractivity contribution in [2.45, 2.75) is 74.0 Å². The van der Waals surface area contributed by atoms with Crippen LogP contribution < -0.4 is 0 Å². The topological polar surface area (TPSA) is 0 Å². The quantitative estimate of drug-likeness (QED) is 0.122. The molecule has 1 heterocycles. The van der Waals surface area contributed by atoms with Gasteiger partial charge in [-0.05, 0) is 0 Å². The van der Waals surface area contributed by atoms with E-state index in [0.29, 0.717) is 7.35 Å². The summed E-state index contributed by atoms with van der Waals surface area (Å²) in [6, 6.07) is 23.9. The third kappa shape index (κ3) is 6.72. The number of hydrogen-bond donors (Lipinski definition) is 0. The van der Waals surface area contributed by atoms with Crippen LogP contribution in [0.1, 0.15) is 86.7 Å². The molecule has 0 amide bonds. The van der Waals surface area contributed by atoms with Gasteiger partial charge in [0.05, 0.1) is 0 Å². The molecule has 7 rings (SSSR count). The van der Waals surface area contributed by atoms with Crippen LogP contribution in [0.5, 0.6) is 0 Å². The first-order chi connectivity index (χ1) is 23.0. The maximum atomic E-state index is 13.4. The van der Waals surface area contributed by atoms with Gasteiger partial charge in [0.2, 0.25) is 0 Å². The van der Waals surface area contributed by atoms with Gasteiger partial charge in [0.25, 0.3) is 0 Å². The second kappa shape index (κ2) is 14.8. The van der Waals surface area contributed by atoms with Crippen LogP contribution in [0.15, 0.2) is 96.1 Å². The minimum Gasteiger partial charge on any atom is -0.147 e. The van der Waals surface area contributed by atoms with Crippen molar-refractivity contribution in [3.8, 4) is 22.3 Å². The Labute approximate surface area is 307 Å². The second-order valence-electron chi connectivity index (χ2n) is 13.7. The number of fused-ring (bicyclic) bond motifs is 2. The first-order valence-corrected chi connectivity index (χ1v) is 26.2. The van der Waals surface area contributed by atoms with E-state index < -0.39 is 43.4 Å². The Morgan fingerprint density at radius 2 is 0.940 bits per heavy atom. The fourth-order valence-electron chi connectivity index (χ4n) is 8.81. The monoisotopic (exact) mass is 896 g/mol. The van der Waals surface area contributed by atoms with Gasteiger partial charge in [-0.15, -0.1) is 24.8 Å². The largest absolute Gasteiger partial charge is 0.147 e. The molecule has 2 atom stereocenters. The van der Waals surface area contributed by atoms with Gasteiger partial charge in [0.15, 0.2) is 0 Å². The Balaban J connectivity index is 0.00000243. The number of rotatable bonds is 8. The molecule has 0 saturated carbocycles. The van der Waals surface area contributed by atoms with Crippen molar-refractivity contribution in [3.05, 3.63) is 129 Å². The minimum atomic E-state index is -4.38. The van der Waals surface area contributed by atoms with Gasteiger partial charge < -0.3 is 0 Å². The molecule has 4 aromatic carbocycles.